The van der Waals surface area contributed by atoms with Crippen molar-refractivity contribution in [3.05, 3.63) is 41.4 Å². The Balaban J connectivity index is 1.60. The van der Waals surface area contributed by atoms with Crippen molar-refractivity contribution in [2.75, 3.05) is 24.5 Å². The van der Waals surface area contributed by atoms with Gasteiger partial charge in [-0.15, -0.1) is 0 Å². The maximum Gasteiger partial charge on any atom is 0.191 e. The van der Waals surface area contributed by atoms with Crippen LogP contribution in [0.15, 0.2) is 40.2 Å². The Kier molecular flexibility index (Phi) is 5.53. The van der Waals surface area contributed by atoms with E-state index >= 15 is 0 Å². The zero-order valence-electron chi connectivity index (χ0n) is 13.6. The maximum absolute atomic E-state index is 6.24. The molecule has 0 aromatic carbocycles. The molecule has 3 heterocycles. The molecule has 3 rings (SSSR count). The van der Waals surface area contributed by atoms with E-state index < -0.39 is 0 Å². The first-order valence-electron chi connectivity index (χ1n) is 8.06. The van der Waals surface area contributed by atoms with Gasteiger partial charge in [0.25, 0.3) is 0 Å². The van der Waals surface area contributed by atoms with E-state index in [-0.39, 0.29) is 6.04 Å². The number of hydrogen-bond acceptors (Lipinski definition) is 5. The molecule has 2 aromatic rings. The van der Waals surface area contributed by atoms with E-state index in [2.05, 4.69) is 30.7 Å². The number of nitrogens with one attached hydrogen (secondary N) is 2. The van der Waals surface area contributed by atoms with Gasteiger partial charge in [0.05, 0.1) is 11.6 Å². The lowest BCUT2D eigenvalue weighted by Crippen LogP contribution is -2.44. The van der Waals surface area contributed by atoms with Gasteiger partial charge in [-0.3, -0.25) is 0 Å². The fraction of sp³-hybridized carbons (Fsp3) is 0.438. The Bertz CT molecular complexity index is 675. The molecule has 8 heteroatoms. The minimum atomic E-state index is 0.290. The molecule has 0 radical (unpaired) electrons. The summed E-state index contributed by atoms with van der Waals surface area (Å²) in [7, 11) is 0. The Morgan fingerprint density at radius 3 is 3.17 bits per heavy atom. The third kappa shape index (κ3) is 4.17. The normalized spacial score (nSPS) is 18.0. The summed E-state index contributed by atoms with van der Waals surface area (Å²) in [6.07, 6.45) is 4.32. The number of aliphatic imine (C=N–C) groups is 1. The van der Waals surface area contributed by atoms with E-state index in [1.54, 1.807) is 12.5 Å². The summed E-state index contributed by atoms with van der Waals surface area (Å²) in [6, 6.07) is 5.82. The van der Waals surface area contributed by atoms with E-state index in [0.29, 0.717) is 11.6 Å². The van der Waals surface area contributed by atoms with Crippen LogP contribution in [0.1, 0.15) is 19.0 Å². The topological polar surface area (TPSA) is 78.6 Å². The average Bonchev–Trinajstić information content (AvgIpc) is 3.25. The van der Waals surface area contributed by atoms with Crippen molar-refractivity contribution in [2.45, 2.75) is 25.9 Å². The van der Waals surface area contributed by atoms with Gasteiger partial charge in [-0.1, -0.05) is 16.8 Å². The quantitative estimate of drug-likeness (QED) is 0.636. The van der Waals surface area contributed by atoms with Crippen LogP contribution in [0, 0.1) is 0 Å². The lowest BCUT2D eigenvalue weighted by Gasteiger charge is -2.20. The van der Waals surface area contributed by atoms with Gasteiger partial charge in [0.15, 0.2) is 5.96 Å². The summed E-state index contributed by atoms with van der Waals surface area (Å²) in [4.78, 5) is 11.1. The van der Waals surface area contributed by atoms with Crippen LogP contribution in [0.25, 0.3) is 0 Å². The van der Waals surface area contributed by atoms with E-state index in [9.17, 15) is 0 Å². The highest BCUT2D eigenvalue weighted by atomic mass is 35.5. The highest BCUT2D eigenvalue weighted by Crippen LogP contribution is 2.25. The second kappa shape index (κ2) is 8.01. The molecule has 0 saturated carbocycles. The minimum Gasteiger partial charge on any atom is -0.364 e. The Morgan fingerprint density at radius 2 is 2.42 bits per heavy atom. The smallest absolute Gasteiger partial charge is 0.191 e. The number of aromatic nitrogens is 2. The zero-order chi connectivity index (χ0) is 16.8. The van der Waals surface area contributed by atoms with E-state index in [1.807, 2.05) is 25.1 Å². The number of rotatable bonds is 5. The fourth-order valence-corrected chi connectivity index (χ4v) is 2.91. The van der Waals surface area contributed by atoms with Crippen LogP contribution in [-0.2, 0) is 6.54 Å². The third-order valence-corrected chi connectivity index (χ3v) is 4.10. The fourth-order valence-electron chi connectivity index (χ4n) is 2.67. The van der Waals surface area contributed by atoms with Crippen molar-refractivity contribution < 1.29 is 4.52 Å². The van der Waals surface area contributed by atoms with Crippen molar-refractivity contribution >= 4 is 23.4 Å². The summed E-state index contributed by atoms with van der Waals surface area (Å²) in [5.74, 6) is 1.62. The standard InChI is InChI=1S/C16H21ClN6O/c1-2-18-16(20-10-12-6-9-24-22-12)21-13-5-8-23(11-13)15-14(17)4-3-7-19-15/h3-4,6-7,9,13H,2,5,8,10-11H2,1H3,(H2,18,20,21). The molecule has 24 heavy (non-hydrogen) atoms. The monoisotopic (exact) mass is 348 g/mol. The van der Waals surface area contributed by atoms with Crippen molar-refractivity contribution in [3.63, 3.8) is 0 Å². The lowest BCUT2D eigenvalue weighted by atomic mass is 10.3. The molecule has 2 N–H and O–H groups in total. The van der Waals surface area contributed by atoms with E-state index in [0.717, 1.165) is 43.5 Å². The molecule has 1 atom stereocenters. The summed E-state index contributed by atoms with van der Waals surface area (Å²) >= 11 is 6.24. The van der Waals surface area contributed by atoms with Gasteiger partial charge < -0.3 is 20.1 Å². The van der Waals surface area contributed by atoms with Gasteiger partial charge in [0, 0.05) is 37.9 Å². The second-order valence-electron chi connectivity index (χ2n) is 5.57. The SMILES string of the molecule is CCNC(=NCc1ccon1)NC1CCN(c2ncccc2Cl)C1. The molecular weight excluding hydrogens is 328 g/mol. The largest absolute Gasteiger partial charge is 0.364 e. The number of hydrogen-bond donors (Lipinski definition) is 2. The molecule has 0 spiro atoms. The first-order valence-corrected chi connectivity index (χ1v) is 8.43. The summed E-state index contributed by atoms with van der Waals surface area (Å²) in [5, 5.41) is 11.3. The number of halogens is 1. The summed E-state index contributed by atoms with van der Waals surface area (Å²) in [6.45, 7) is 5.08. The number of guanidine groups is 1. The molecule has 0 aliphatic carbocycles. The van der Waals surface area contributed by atoms with E-state index in [4.69, 9.17) is 16.1 Å². The van der Waals surface area contributed by atoms with Crippen LogP contribution in [0.2, 0.25) is 5.02 Å². The van der Waals surface area contributed by atoms with Gasteiger partial charge >= 0.3 is 0 Å². The lowest BCUT2D eigenvalue weighted by molar-refractivity contribution is 0.412. The van der Waals surface area contributed by atoms with E-state index in [1.165, 1.54) is 0 Å². The van der Waals surface area contributed by atoms with Gasteiger partial charge in [0.2, 0.25) is 0 Å². The Hall–Kier alpha value is -2.28. The molecule has 1 unspecified atom stereocenters. The molecule has 2 aromatic heterocycles. The van der Waals surface area contributed by atoms with Crippen molar-refractivity contribution in [1.82, 2.24) is 20.8 Å². The molecule has 1 fully saturated rings. The van der Waals surface area contributed by atoms with Crippen LogP contribution >= 0.6 is 11.6 Å². The number of nitrogens with zero attached hydrogens (tertiary/aromatic N) is 4. The molecule has 1 saturated heterocycles. The van der Waals surface area contributed by atoms with Gasteiger partial charge in [0.1, 0.15) is 17.8 Å². The number of pyridine rings is 1. The van der Waals surface area contributed by atoms with Crippen molar-refractivity contribution in [3.8, 4) is 0 Å². The summed E-state index contributed by atoms with van der Waals surface area (Å²) < 4.78 is 4.83. The molecule has 7 nitrogen and oxygen atoms in total. The first kappa shape index (κ1) is 16.6. The van der Waals surface area contributed by atoms with Crippen molar-refractivity contribution in [2.24, 2.45) is 4.99 Å². The highest BCUT2D eigenvalue weighted by molar-refractivity contribution is 6.32. The van der Waals surface area contributed by atoms with Crippen LogP contribution in [0.4, 0.5) is 5.82 Å². The predicted octanol–water partition coefficient (Wildman–Crippen LogP) is 2.06. The van der Waals surface area contributed by atoms with Crippen molar-refractivity contribution in [1.29, 1.82) is 0 Å². The van der Waals surface area contributed by atoms with Gasteiger partial charge in [-0.05, 0) is 25.5 Å². The first-order chi connectivity index (χ1) is 11.8. The molecular formula is C16H21ClN6O. The number of anilines is 1. The van der Waals surface area contributed by atoms with Crippen LogP contribution in [0.3, 0.4) is 0 Å². The zero-order valence-corrected chi connectivity index (χ0v) is 14.3. The third-order valence-electron chi connectivity index (χ3n) is 3.80. The van der Waals surface area contributed by atoms with Crippen LogP contribution in [0.5, 0.6) is 0 Å². The van der Waals surface area contributed by atoms with Gasteiger partial charge in [-0.25, -0.2) is 9.98 Å². The van der Waals surface area contributed by atoms with Gasteiger partial charge in [-0.2, -0.15) is 0 Å². The Labute approximate surface area is 146 Å². The maximum atomic E-state index is 6.24. The highest BCUT2D eigenvalue weighted by Gasteiger charge is 2.25. The average molecular weight is 349 g/mol. The summed E-state index contributed by atoms with van der Waals surface area (Å²) in [5.41, 5.74) is 0.806. The Morgan fingerprint density at radius 1 is 1.50 bits per heavy atom. The molecule has 128 valence electrons. The second-order valence-corrected chi connectivity index (χ2v) is 5.98. The van der Waals surface area contributed by atoms with Crippen LogP contribution in [-0.4, -0.2) is 41.8 Å². The molecule has 0 bridgehead atoms. The molecule has 1 aliphatic heterocycles. The molecule has 1 aliphatic rings. The minimum absolute atomic E-state index is 0.290. The van der Waals surface area contributed by atoms with Crippen LogP contribution < -0.4 is 15.5 Å². The predicted molar refractivity (Wildman–Crippen MR) is 94.3 cm³/mol. The molecule has 0 amide bonds.